The van der Waals surface area contributed by atoms with E-state index in [1.165, 1.54) is 12.8 Å². The molecule has 0 aliphatic carbocycles. The van der Waals surface area contributed by atoms with Gasteiger partial charge in [-0.2, -0.15) is 0 Å². The first-order valence-electron chi connectivity index (χ1n) is 7.36. The molecule has 2 N–H and O–H groups in total. The summed E-state index contributed by atoms with van der Waals surface area (Å²) in [6.07, 6.45) is 5.15. The van der Waals surface area contributed by atoms with Crippen molar-refractivity contribution in [3.63, 3.8) is 0 Å². The molecule has 110 valence electrons. The number of hydrogen-bond acceptors (Lipinski definition) is 3. The highest BCUT2D eigenvalue weighted by atomic mass is 16.1. The van der Waals surface area contributed by atoms with Gasteiger partial charge in [-0.3, -0.25) is 4.79 Å². The summed E-state index contributed by atoms with van der Waals surface area (Å²) >= 11 is 0. The van der Waals surface area contributed by atoms with Crippen molar-refractivity contribution in [3.05, 3.63) is 54.2 Å². The molecule has 4 nitrogen and oxygen atoms in total. The van der Waals surface area contributed by atoms with Crippen LogP contribution in [0, 0.1) is 0 Å². The summed E-state index contributed by atoms with van der Waals surface area (Å²) in [4.78, 5) is 16.3. The van der Waals surface area contributed by atoms with Crippen molar-refractivity contribution in [1.29, 1.82) is 0 Å². The molecule has 0 aliphatic heterocycles. The standard InChI is InChI=1S/C17H21N3O/c1-2-3-7-12-18-16-11-10-14(13-19-16)17(21)20-15-8-5-4-6-9-15/h4-6,8-11,13H,2-3,7,12H2,1H3,(H,18,19)(H,20,21). The van der Waals surface area contributed by atoms with Crippen molar-refractivity contribution in [2.45, 2.75) is 26.2 Å². The topological polar surface area (TPSA) is 54.0 Å². The Bertz CT molecular complexity index is 552. The third kappa shape index (κ3) is 4.91. The number of nitrogens with one attached hydrogen (secondary N) is 2. The smallest absolute Gasteiger partial charge is 0.257 e. The highest BCUT2D eigenvalue weighted by Crippen LogP contribution is 2.10. The molecule has 21 heavy (non-hydrogen) atoms. The second-order valence-corrected chi connectivity index (χ2v) is 4.89. The van der Waals surface area contributed by atoms with Crippen LogP contribution in [0.25, 0.3) is 0 Å². The first-order chi connectivity index (χ1) is 10.3. The Balaban J connectivity index is 1.88. The highest BCUT2D eigenvalue weighted by molar-refractivity contribution is 6.04. The Labute approximate surface area is 125 Å². The number of carbonyl (C=O) groups is 1. The van der Waals surface area contributed by atoms with E-state index in [0.29, 0.717) is 5.56 Å². The summed E-state index contributed by atoms with van der Waals surface area (Å²) < 4.78 is 0. The van der Waals surface area contributed by atoms with E-state index in [2.05, 4.69) is 22.5 Å². The van der Waals surface area contributed by atoms with Crippen molar-refractivity contribution in [2.24, 2.45) is 0 Å². The number of unbranched alkanes of at least 4 members (excludes halogenated alkanes) is 2. The lowest BCUT2D eigenvalue weighted by Crippen LogP contribution is -2.12. The predicted molar refractivity (Wildman–Crippen MR) is 86.6 cm³/mol. The molecule has 1 heterocycles. The lowest BCUT2D eigenvalue weighted by molar-refractivity contribution is 0.102. The van der Waals surface area contributed by atoms with Crippen LogP contribution in [0.1, 0.15) is 36.5 Å². The molecule has 2 aromatic rings. The van der Waals surface area contributed by atoms with Crippen molar-refractivity contribution in [2.75, 3.05) is 17.2 Å². The van der Waals surface area contributed by atoms with Gasteiger partial charge in [-0.1, -0.05) is 38.0 Å². The van der Waals surface area contributed by atoms with E-state index in [1.807, 2.05) is 36.4 Å². The largest absolute Gasteiger partial charge is 0.370 e. The number of rotatable bonds is 7. The normalized spacial score (nSPS) is 10.1. The highest BCUT2D eigenvalue weighted by Gasteiger charge is 2.06. The maximum Gasteiger partial charge on any atom is 0.257 e. The van der Waals surface area contributed by atoms with Gasteiger partial charge < -0.3 is 10.6 Å². The second-order valence-electron chi connectivity index (χ2n) is 4.89. The fourth-order valence-corrected chi connectivity index (χ4v) is 1.95. The van der Waals surface area contributed by atoms with E-state index >= 15 is 0 Å². The van der Waals surface area contributed by atoms with Crippen LogP contribution in [0.2, 0.25) is 0 Å². The van der Waals surface area contributed by atoms with Crippen LogP contribution in [0.5, 0.6) is 0 Å². The van der Waals surface area contributed by atoms with Gasteiger partial charge in [-0.25, -0.2) is 4.98 Å². The average Bonchev–Trinajstić information content (AvgIpc) is 2.53. The molecule has 2 rings (SSSR count). The van der Waals surface area contributed by atoms with Gasteiger partial charge in [0.25, 0.3) is 5.91 Å². The van der Waals surface area contributed by atoms with E-state index in [0.717, 1.165) is 24.5 Å². The molecular formula is C17H21N3O. The number of anilines is 2. The van der Waals surface area contributed by atoms with Gasteiger partial charge in [0, 0.05) is 18.4 Å². The van der Waals surface area contributed by atoms with Crippen LogP contribution in [-0.4, -0.2) is 17.4 Å². The molecule has 1 aromatic carbocycles. The molecule has 0 saturated carbocycles. The number of aromatic nitrogens is 1. The summed E-state index contributed by atoms with van der Waals surface area (Å²) in [6.45, 7) is 3.09. The molecule has 1 aromatic heterocycles. The Hall–Kier alpha value is -2.36. The van der Waals surface area contributed by atoms with Gasteiger partial charge >= 0.3 is 0 Å². The van der Waals surface area contributed by atoms with Gasteiger partial charge in [0.2, 0.25) is 0 Å². The Kier molecular flexibility index (Phi) is 5.76. The van der Waals surface area contributed by atoms with E-state index in [4.69, 9.17) is 0 Å². The molecule has 0 saturated heterocycles. The van der Waals surface area contributed by atoms with E-state index < -0.39 is 0 Å². The second kappa shape index (κ2) is 8.04. The molecule has 1 amide bonds. The first-order valence-corrected chi connectivity index (χ1v) is 7.36. The lowest BCUT2D eigenvalue weighted by atomic mass is 10.2. The molecular weight excluding hydrogens is 262 g/mol. The minimum Gasteiger partial charge on any atom is -0.370 e. The first kappa shape index (κ1) is 15.0. The third-order valence-corrected chi connectivity index (χ3v) is 3.14. The lowest BCUT2D eigenvalue weighted by Gasteiger charge is -2.07. The van der Waals surface area contributed by atoms with Crippen molar-refractivity contribution >= 4 is 17.4 Å². The number of amides is 1. The van der Waals surface area contributed by atoms with Crippen LogP contribution in [0.15, 0.2) is 48.7 Å². The zero-order valence-electron chi connectivity index (χ0n) is 12.3. The maximum atomic E-state index is 12.1. The Morgan fingerprint density at radius 1 is 1.10 bits per heavy atom. The van der Waals surface area contributed by atoms with Crippen LogP contribution in [0.4, 0.5) is 11.5 Å². The average molecular weight is 283 g/mol. The number of hydrogen-bond donors (Lipinski definition) is 2. The summed E-state index contributed by atoms with van der Waals surface area (Å²) in [5, 5.41) is 6.09. The third-order valence-electron chi connectivity index (χ3n) is 3.14. The summed E-state index contributed by atoms with van der Waals surface area (Å²) in [7, 11) is 0. The number of para-hydroxylation sites is 1. The SMILES string of the molecule is CCCCCNc1ccc(C(=O)Nc2ccccc2)cn1. The number of nitrogens with zero attached hydrogens (tertiary/aromatic N) is 1. The molecule has 0 radical (unpaired) electrons. The van der Waals surface area contributed by atoms with Crippen molar-refractivity contribution in [3.8, 4) is 0 Å². The van der Waals surface area contributed by atoms with Crippen LogP contribution < -0.4 is 10.6 Å². The number of pyridine rings is 1. The molecule has 0 atom stereocenters. The Morgan fingerprint density at radius 2 is 1.90 bits per heavy atom. The van der Waals surface area contributed by atoms with E-state index in [-0.39, 0.29) is 5.91 Å². The quantitative estimate of drug-likeness (QED) is 0.757. The molecule has 0 spiro atoms. The van der Waals surface area contributed by atoms with Crippen LogP contribution >= 0.6 is 0 Å². The van der Waals surface area contributed by atoms with Crippen molar-refractivity contribution < 1.29 is 4.79 Å². The van der Waals surface area contributed by atoms with Gasteiger partial charge in [-0.15, -0.1) is 0 Å². The summed E-state index contributed by atoms with van der Waals surface area (Å²) in [5.41, 5.74) is 1.34. The van der Waals surface area contributed by atoms with Gasteiger partial charge in [0.1, 0.15) is 5.82 Å². The number of carbonyl (C=O) groups excluding carboxylic acids is 1. The van der Waals surface area contributed by atoms with E-state index in [9.17, 15) is 4.79 Å². The fourth-order valence-electron chi connectivity index (χ4n) is 1.95. The Morgan fingerprint density at radius 3 is 2.57 bits per heavy atom. The summed E-state index contributed by atoms with van der Waals surface area (Å²) in [6, 6.07) is 13.0. The van der Waals surface area contributed by atoms with Crippen molar-refractivity contribution in [1.82, 2.24) is 4.98 Å². The maximum absolute atomic E-state index is 12.1. The monoisotopic (exact) mass is 283 g/mol. The van der Waals surface area contributed by atoms with Gasteiger partial charge in [0.15, 0.2) is 0 Å². The zero-order valence-corrected chi connectivity index (χ0v) is 12.3. The minimum absolute atomic E-state index is 0.147. The van der Waals surface area contributed by atoms with Crippen LogP contribution in [0.3, 0.4) is 0 Å². The molecule has 0 fully saturated rings. The molecule has 0 unspecified atom stereocenters. The number of benzene rings is 1. The van der Waals surface area contributed by atoms with Gasteiger partial charge in [0.05, 0.1) is 5.56 Å². The van der Waals surface area contributed by atoms with Crippen LogP contribution in [-0.2, 0) is 0 Å². The summed E-state index contributed by atoms with van der Waals surface area (Å²) in [5.74, 6) is 0.661. The minimum atomic E-state index is -0.147. The predicted octanol–water partition coefficient (Wildman–Crippen LogP) is 3.94. The zero-order chi connectivity index (χ0) is 14.9. The van der Waals surface area contributed by atoms with Gasteiger partial charge in [-0.05, 0) is 30.7 Å². The molecule has 0 bridgehead atoms. The molecule has 4 heteroatoms. The van der Waals surface area contributed by atoms with E-state index in [1.54, 1.807) is 12.3 Å². The fraction of sp³-hybridized carbons (Fsp3) is 0.294. The molecule has 0 aliphatic rings.